The van der Waals surface area contributed by atoms with Gasteiger partial charge in [-0.05, 0) is 0 Å². The van der Waals surface area contributed by atoms with E-state index in [-0.39, 0.29) is 34.0 Å². The Hall–Kier alpha value is 0.840. The molecule has 0 aromatic rings. The van der Waals surface area contributed by atoms with Gasteiger partial charge < -0.3 is 4.74 Å². The van der Waals surface area contributed by atoms with Crippen LogP contribution in [0.5, 0.6) is 0 Å². The van der Waals surface area contributed by atoms with Crippen molar-refractivity contribution in [1.82, 2.24) is 10.9 Å². The molecule has 0 amide bonds. The number of hydrogen-bond donors (Lipinski definition) is 2. The molecule has 0 spiro atoms. The van der Waals surface area contributed by atoms with E-state index in [1.807, 2.05) is 0 Å². The summed E-state index contributed by atoms with van der Waals surface area (Å²) in [7, 11) is 1.72. The molecule has 0 aromatic heterocycles. The van der Waals surface area contributed by atoms with Gasteiger partial charge in [-0.25, -0.2) is 0 Å². The molecule has 1 fully saturated rings. The minimum Gasteiger partial charge on any atom is -0.379 e. The fraction of sp³-hybridized carbons (Fsp3) is 1.00. The number of nitrogens with one attached hydrogen (secondary N) is 2. The molecule has 1 heterocycles. The van der Waals surface area contributed by atoms with Crippen LogP contribution in [-0.4, -0.2) is 26.3 Å². The molecule has 0 radical (unpaired) electrons. The lowest BCUT2D eigenvalue weighted by atomic mass is 10.4. The highest BCUT2D eigenvalue weighted by molar-refractivity contribution is 8.93. The number of ether oxygens (including phenoxy) is 1. The third-order valence-electron chi connectivity index (χ3n) is 1.12. The van der Waals surface area contributed by atoms with E-state index >= 15 is 0 Å². The lowest BCUT2D eigenvalue weighted by Crippen LogP contribution is -2.21. The van der Waals surface area contributed by atoms with Gasteiger partial charge in [0.25, 0.3) is 0 Å². The van der Waals surface area contributed by atoms with E-state index in [0.717, 1.165) is 13.1 Å². The van der Waals surface area contributed by atoms with Crippen molar-refractivity contribution in [2.75, 3.05) is 20.2 Å². The van der Waals surface area contributed by atoms with E-state index in [1.54, 1.807) is 7.11 Å². The fourth-order valence-corrected chi connectivity index (χ4v) is 0.611. The SMILES string of the molecule is Br.Br.COC1CNNC1. The average molecular weight is 264 g/mol. The van der Waals surface area contributed by atoms with Crippen LogP contribution in [0.2, 0.25) is 0 Å². The zero-order valence-corrected chi connectivity index (χ0v) is 8.64. The van der Waals surface area contributed by atoms with Crippen molar-refractivity contribution >= 4 is 34.0 Å². The highest BCUT2D eigenvalue weighted by Gasteiger charge is 2.10. The van der Waals surface area contributed by atoms with Gasteiger partial charge in [0.1, 0.15) is 0 Å². The zero-order chi connectivity index (χ0) is 5.11. The standard InChI is InChI=1S/C4H10N2O.2BrH/c1-7-4-2-5-6-3-4;;/h4-6H,2-3H2,1H3;2*1H. The molecule has 1 aliphatic rings. The number of hydrazine groups is 1. The summed E-state index contributed by atoms with van der Waals surface area (Å²) in [6.07, 6.45) is 0.375. The second-order valence-corrected chi connectivity index (χ2v) is 1.62. The highest BCUT2D eigenvalue weighted by atomic mass is 79.9. The number of halogens is 2. The zero-order valence-electron chi connectivity index (χ0n) is 5.22. The topological polar surface area (TPSA) is 33.3 Å². The van der Waals surface area contributed by atoms with Crippen molar-refractivity contribution in [2.24, 2.45) is 0 Å². The lowest BCUT2D eigenvalue weighted by molar-refractivity contribution is 0.128. The molecule has 1 rings (SSSR count). The van der Waals surface area contributed by atoms with Gasteiger partial charge in [0.15, 0.2) is 0 Å². The van der Waals surface area contributed by atoms with Gasteiger partial charge in [-0.1, -0.05) is 0 Å². The Balaban J connectivity index is 0. The predicted molar refractivity (Wildman–Crippen MR) is 47.4 cm³/mol. The number of rotatable bonds is 1. The van der Waals surface area contributed by atoms with Gasteiger partial charge in [0.2, 0.25) is 0 Å². The van der Waals surface area contributed by atoms with Crippen LogP contribution in [0.3, 0.4) is 0 Å². The summed E-state index contributed by atoms with van der Waals surface area (Å²) >= 11 is 0. The van der Waals surface area contributed by atoms with Crippen LogP contribution in [0.4, 0.5) is 0 Å². The Morgan fingerprint density at radius 2 is 1.67 bits per heavy atom. The highest BCUT2D eigenvalue weighted by Crippen LogP contribution is 1.87. The maximum Gasteiger partial charge on any atom is 0.0847 e. The van der Waals surface area contributed by atoms with Crippen LogP contribution in [0, 0.1) is 0 Å². The first-order valence-corrected chi connectivity index (χ1v) is 2.42. The van der Waals surface area contributed by atoms with E-state index in [2.05, 4.69) is 10.9 Å². The van der Waals surface area contributed by atoms with Crippen LogP contribution in [-0.2, 0) is 4.74 Å². The molecule has 1 saturated heterocycles. The molecule has 3 nitrogen and oxygen atoms in total. The molecule has 0 aromatic carbocycles. The normalized spacial score (nSPS) is 18.3. The quantitative estimate of drug-likeness (QED) is 0.713. The smallest absolute Gasteiger partial charge is 0.0847 e. The third-order valence-corrected chi connectivity index (χ3v) is 1.12. The van der Waals surface area contributed by atoms with Crippen molar-refractivity contribution in [3.8, 4) is 0 Å². The summed E-state index contributed by atoms with van der Waals surface area (Å²) in [6, 6.07) is 0. The van der Waals surface area contributed by atoms with Gasteiger partial charge >= 0.3 is 0 Å². The molecule has 9 heavy (non-hydrogen) atoms. The summed E-state index contributed by atoms with van der Waals surface area (Å²) in [4.78, 5) is 0. The van der Waals surface area contributed by atoms with E-state index in [1.165, 1.54) is 0 Å². The van der Waals surface area contributed by atoms with Crippen LogP contribution < -0.4 is 10.9 Å². The third kappa shape index (κ3) is 4.27. The maximum atomic E-state index is 4.99. The van der Waals surface area contributed by atoms with Crippen molar-refractivity contribution in [1.29, 1.82) is 0 Å². The van der Waals surface area contributed by atoms with Gasteiger partial charge in [-0.15, -0.1) is 34.0 Å². The molecule has 0 saturated carbocycles. The van der Waals surface area contributed by atoms with Crippen LogP contribution >= 0.6 is 34.0 Å². The molecule has 58 valence electrons. The van der Waals surface area contributed by atoms with Crippen molar-refractivity contribution in [3.05, 3.63) is 0 Å². The monoisotopic (exact) mass is 262 g/mol. The molecular formula is C4H12Br2N2O. The van der Waals surface area contributed by atoms with Crippen LogP contribution in [0.25, 0.3) is 0 Å². The van der Waals surface area contributed by atoms with E-state index in [0.29, 0.717) is 6.10 Å². The minimum absolute atomic E-state index is 0. The second-order valence-electron chi connectivity index (χ2n) is 1.62. The first-order valence-electron chi connectivity index (χ1n) is 2.42. The molecule has 0 aliphatic carbocycles. The summed E-state index contributed by atoms with van der Waals surface area (Å²) in [5.74, 6) is 0. The van der Waals surface area contributed by atoms with Crippen LogP contribution in [0.15, 0.2) is 0 Å². The maximum absolute atomic E-state index is 4.99. The Kier molecular flexibility index (Phi) is 9.67. The van der Waals surface area contributed by atoms with Gasteiger partial charge in [0, 0.05) is 20.2 Å². The van der Waals surface area contributed by atoms with Crippen molar-refractivity contribution < 1.29 is 4.74 Å². The first-order chi connectivity index (χ1) is 3.43. The summed E-state index contributed by atoms with van der Waals surface area (Å²) < 4.78 is 4.99. The van der Waals surface area contributed by atoms with Crippen molar-refractivity contribution in [2.45, 2.75) is 6.10 Å². The van der Waals surface area contributed by atoms with Crippen molar-refractivity contribution in [3.63, 3.8) is 0 Å². The van der Waals surface area contributed by atoms with Gasteiger partial charge in [-0.2, -0.15) is 0 Å². The molecule has 5 heteroatoms. The molecular weight excluding hydrogens is 252 g/mol. The average Bonchev–Trinajstić information content (AvgIpc) is 2.14. The Morgan fingerprint density at radius 1 is 1.22 bits per heavy atom. The van der Waals surface area contributed by atoms with E-state index in [4.69, 9.17) is 4.74 Å². The number of hydrogen-bond acceptors (Lipinski definition) is 3. The largest absolute Gasteiger partial charge is 0.379 e. The van der Waals surface area contributed by atoms with Crippen LogP contribution in [0.1, 0.15) is 0 Å². The molecule has 1 aliphatic heterocycles. The minimum atomic E-state index is 0. The van der Waals surface area contributed by atoms with Gasteiger partial charge in [-0.3, -0.25) is 10.9 Å². The van der Waals surface area contributed by atoms with Gasteiger partial charge in [0.05, 0.1) is 6.10 Å². The molecule has 0 bridgehead atoms. The molecule has 0 unspecified atom stereocenters. The Labute approximate surface area is 76.0 Å². The lowest BCUT2D eigenvalue weighted by Gasteiger charge is -2.00. The molecule has 0 atom stereocenters. The Bertz CT molecular complexity index is 58.5. The Morgan fingerprint density at radius 3 is 1.89 bits per heavy atom. The first kappa shape index (κ1) is 12.5. The summed E-state index contributed by atoms with van der Waals surface area (Å²) in [5, 5.41) is 0. The fourth-order valence-electron chi connectivity index (χ4n) is 0.611. The summed E-state index contributed by atoms with van der Waals surface area (Å²) in [5.41, 5.74) is 5.90. The molecule has 2 N–H and O–H groups in total. The second kappa shape index (κ2) is 6.95. The van der Waals surface area contributed by atoms with E-state index in [9.17, 15) is 0 Å². The summed E-state index contributed by atoms with van der Waals surface area (Å²) in [6.45, 7) is 1.85. The predicted octanol–water partition coefficient (Wildman–Crippen LogP) is 0.265. The van der Waals surface area contributed by atoms with E-state index < -0.39 is 0 Å². The number of methoxy groups -OCH3 is 1.